The Morgan fingerprint density at radius 1 is 1.41 bits per heavy atom. The van der Waals surface area contributed by atoms with Gasteiger partial charge in [0.25, 0.3) is 0 Å². The Bertz CT molecular complexity index is 394. The lowest BCUT2D eigenvalue weighted by Crippen LogP contribution is -2.55. The number of aryl methyl sites for hydroxylation is 1. The normalized spacial score (nSPS) is 21.9. The lowest BCUT2D eigenvalue weighted by Gasteiger charge is -2.41. The molecular weight excluding hydrogens is 234 g/mol. The van der Waals surface area contributed by atoms with Crippen molar-refractivity contribution >= 4 is 17.3 Å². The summed E-state index contributed by atoms with van der Waals surface area (Å²) < 4.78 is 0. The van der Waals surface area contributed by atoms with Crippen LogP contribution >= 0.6 is 11.6 Å². The quantitative estimate of drug-likeness (QED) is 0.871. The molecular formula is C13H20ClN3. The Morgan fingerprint density at radius 3 is 2.88 bits per heavy atom. The monoisotopic (exact) mass is 253 g/mol. The second-order valence-electron chi connectivity index (χ2n) is 4.78. The number of hydrogen-bond acceptors (Lipinski definition) is 3. The smallest absolute Gasteiger partial charge is 0.0539 e. The van der Waals surface area contributed by atoms with Gasteiger partial charge in [0, 0.05) is 36.9 Å². The molecule has 1 aromatic carbocycles. The van der Waals surface area contributed by atoms with Crippen molar-refractivity contribution in [2.45, 2.75) is 13.0 Å². The average molecular weight is 254 g/mol. The van der Waals surface area contributed by atoms with Gasteiger partial charge in [-0.2, -0.15) is 0 Å². The fourth-order valence-electron chi connectivity index (χ4n) is 2.42. The van der Waals surface area contributed by atoms with E-state index in [1.807, 2.05) is 12.1 Å². The zero-order chi connectivity index (χ0) is 12.4. The molecule has 94 valence electrons. The minimum atomic E-state index is 0.380. The summed E-state index contributed by atoms with van der Waals surface area (Å²) in [5, 5.41) is 0.792. The molecule has 0 radical (unpaired) electrons. The summed E-state index contributed by atoms with van der Waals surface area (Å²) in [6, 6.07) is 6.44. The van der Waals surface area contributed by atoms with E-state index in [0.717, 1.165) is 24.7 Å². The maximum atomic E-state index is 6.09. The van der Waals surface area contributed by atoms with Crippen LogP contribution in [-0.2, 0) is 0 Å². The molecule has 17 heavy (non-hydrogen) atoms. The molecule has 1 fully saturated rings. The zero-order valence-corrected chi connectivity index (χ0v) is 11.2. The van der Waals surface area contributed by atoms with E-state index in [4.69, 9.17) is 17.3 Å². The van der Waals surface area contributed by atoms with Crippen molar-refractivity contribution in [2.75, 3.05) is 38.1 Å². The summed E-state index contributed by atoms with van der Waals surface area (Å²) in [4.78, 5) is 4.72. The molecule has 0 aromatic heterocycles. The number of anilines is 1. The fraction of sp³-hybridized carbons (Fsp3) is 0.538. The van der Waals surface area contributed by atoms with Crippen LogP contribution in [0.25, 0.3) is 0 Å². The third-order valence-electron chi connectivity index (χ3n) is 3.44. The van der Waals surface area contributed by atoms with E-state index in [-0.39, 0.29) is 0 Å². The topological polar surface area (TPSA) is 32.5 Å². The molecule has 0 amide bonds. The van der Waals surface area contributed by atoms with Crippen LogP contribution in [0.3, 0.4) is 0 Å². The van der Waals surface area contributed by atoms with Crippen molar-refractivity contribution in [1.82, 2.24) is 4.90 Å². The SMILES string of the molecule is Cc1ccc(Cl)cc1N1CCN(C)CC1CN. The molecule has 0 bridgehead atoms. The molecule has 1 atom stereocenters. The summed E-state index contributed by atoms with van der Waals surface area (Å²) in [6.07, 6.45) is 0. The molecule has 1 saturated heterocycles. The van der Waals surface area contributed by atoms with E-state index < -0.39 is 0 Å². The van der Waals surface area contributed by atoms with E-state index in [2.05, 4.69) is 29.8 Å². The van der Waals surface area contributed by atoms with Gasteiger partial charge in [0.05, 0.1) is 6.04 Å². The molecule has 1 heterocycles. The summed E-state index contributed by atoms with van der Waals surface area (Å²) in [6.45, 7) is 5.90. The van der Waals surface area contributed by atoms with Crippen LogP contribution in [0, 0.1) is 6.92 Å². The largest absolute Gasteiger partial charge is 0.364 e. The Hall–Kier alpha value is -0.770. The van der Waals surface area contributed by atoms with Gasteiger partial charge in [0.2, 0.25) is 0 Å². The highest BCUT2D eigenvalue weighted by atomic mass is 35.5. The van der Waals surface area contributed by atoms with Crippen LogP contribution in [0.1, 0.15) is 5.56 Å². The molecule has 2 rings (SSSR count). The van der Waals surface area contributed by atoms with Crippen molar-refractivity contribution in [3.63, 3.8) is 0 Å². The first-order valence-electron chi connectivity index (χ1n) is 6.03. The summed E-state index contributed by atoms with van der Waals surface area (Å²) in [5.74, 6) is 0. The Kier molecular flexibility index (Phi) is 3.92. The maximum absolute atomic E-state index is 6.09. The van der Waals surface area contributed by atoms with E-state index >= 15 is 0 Å². The molecule has 2 N–H and O–H groups in total. The van der Waals surface area contributed by atoms with Crippen molar-refractivity contribution in [3.05, 3.63) is 28.8 Å². The van der Waals surface area contributed by atoms with Crippen LogP contribution in [0.15, 0.2) is 18.2 Å². The second-order valence-corrected chi connectivity index (χ2v) is 5.21. The van der Waals surface area contributed by atoms with E-state index in [9.17, 15) is 0 Å². The third-order valence-corrected chi connectivity index (χ3v) is 3.67. The van der Waals surface area contributed by atoms with Crippen molar-refractivity contribution < 1.29 is 0 Å². The number of benzene rings is 1. The van der Waals surface area contributed by atoms with Crippen LogP contribution in [-0.4, -0.2) is 44.2 Å². The van der Waals surface area contributed by atoms with Gasteiger partial charge in [-0.15, -0.1) is 0 Å². The third kappa shape index (κ3) is 2.73. The van der Waals surface area contributed by atoms with Crippen LogP contribution < -0.4 is 10.6 Å². The average Bonchev–Trinajstić information content (AvgIpc) is 2.32. The number of piperazine rings is 1. The Balaban J connectivity index is 2.28. The standard InChI is InChI=1S/C13H20ClN3/c1-10-3-4-11(14)7-13(10)17-6-5-16(2)9-12(17)8-15/h3-4,7,12H,5-6,8-9,15H2,1-2H3. The first kappa shape index (κ1) is 12.7. The number of halogens is 1. The molecule has 0 saturated carbocycles. The van der Waals surface area contributed by atoms with E-state index in [0.29, 0.717) is 12.6 Å². The van der Waals surface area contributed by atoms with Gasteiger partial charge >= 0.3 is 0 Å². The van der Waals surface area contributed by atoms with Crippen molar-refractivity contribution in [3.8, 4) is 0 Å². The maximum Gasteiger partial charge on any atom is 0.0539 e. The lowest BCUT2D eigenvalue weighted by molar-refractivity contribution is 0.269. The molecule has 1 unspecified atom stereocenters. The highest BCUT2D eigenvalue weighted by Crippen LogP contribution is 2.27. The number of nitrogens with two attached hydrogens (primary N) is 1. The summed E-state index contributed by atoms with van der Waals surface area (Å²) >= 11 is 6.09. The Morgan fingerprint density at radius 2 is 2.18 bits per heavy atom. The van der Waals surface area contributed by atoms with Crippen LogP contribution in [0.4, 0.5) is 5.69 Å². The van der Waals surface area contributed by atoms with Gasteiger partial charge in [0.1, 0.15) is 0 Å². The molecule has 1 aliphatic heterocycles. The van der Waals surface area contributed by atoms with Crippen LogP contribution in [0.2, 0.25) is 5.02 Å². The number of rotatable bonds is 2. The van der Waals surface area contributed by atoms with Gasteiger partial charge in [-0.1, -0.05) is 17.7 Å². The summed E-state index contributed by atoms with van der Waals surface area (Å²) in [7, 11) is 2.14. The Labute approximate surface area is 108 Å². The lowest BCUT2D eigenvalue weighted by atomic mass is 10.1. The van der Waals surface area contributed by atoms with E-state index in [1.54, 1.807) is 0 Å². The first-order chi connectivity index (χ1) is 8.11. The highest BCUT2D eigenvalue weighted by Gasteiger charge is 2.25. The highest BCUT2D eigenvalue weighted by molar-refractivity contribution is 6.30. The van der Waals surface area contributed by atoms with Gasteiger partial charge in [-0.05, 0) is 31.7 Å². The number of hydrogen-bond donors (Lipinski definition) is 1. The molecule has 4 heteroatoms. The predicted molar refractivity (Wildman–Crippen MR) is 73.9 cm³/mol. The van der Waals surface area contributed by atoms with Gasteiger partial charge in [-0.25, -0.2) is 0 Å². The zero-order valence-electron chi connectivity index (χ0n) is 10.5. The number of likely N-dealkylation sites (N-methyl/N-ethyl adjacent to an activating group) is 1. The molecule has 0 aliphatic carbocycles. The number of nitrogens with zero attached hydrogens (tertiary/aromatic N) is 2. The van der Waals surface area contributed by atoms with E-state index in [1.165, 1.54) is 11.3 Å². The van der Waals surface area contributed by atoms with Gasteiger partial charge in [0.15, 0.2) is 0 Å². The second kappa shape index (κ2) is 5.25. The van der Waals surface area contributed by atoms with Crippen molar-refractivity contribution in [1.29, 1.82) is 0 Å². The van der Waals surface area contributed by atoms with Crippen molar-refractivity contribution in [2.24, 2.45) is 5.73 Å². The molecule has 1 aliphatic rings. The summed E-state index contributed by atoms with van der Waals surface area (Å²) in [5.41, 5.74) is 8.36. The minimum Gasteiger partial charge on any atom is -0.364 e. The first-order valence-corrected chi connectivity index (χ1v) is 6.41. The van der Waals surface area contributed by atoms with Gasteiger partial charge < -0.3 is 15.5 Å². The van der Waals surface area contributed by atoms with Crippen LogP contribution in [0.5, 0.6) is 0 Å². The predicted octanol–water partition coefficient (Wildman–Crippen LogP) is 1.73. The van der Waals surface area contributed by atoms with Gasteiger partial charge in [-0.3, -0.25) is 0 Å². The molecule has 3 nitrogen and oxygen atoms in total. The molecule has 1 aromatic rings. The minimum absolute atomic E-state index is 0.380. The fourth-order valence-corrected chi connectivity index (χ4v) is 2.59. The molecule has 0 spiro atoms.